The highest BCUT2D eigenvalue weighted by Gasteiger charge is 2.34. The molecule has 10 heteroatoms. The van der Waals surface area contributed by atoms with Crippen molar-refractivity contribution in [2.24, 2.45) is 0 Å². The Labute approximate surface area is 188 Å². The normalized spacial score (nSPS) is 15.5. The van der Waals surface area contributed by atoms with Crippen molar-refractivity contribution in [3.63, 3.8) is 0 Å². The molecule has 0 spiro atoms. The van der Waals surface area contributed by atoms with Gasteiger partial charge in [0.1, 0.15) is 5.75 Å². The number of carbonyl (C=O) groups excluding carboxylic acids is 1. The minimum Gasteiger partial charge on any atom is -0.495 e. The summed E-state index contributed by atoms with van der Waals surface area (Å²) in [5.74, 6) is 0.184. The van der Waals surface area contributed by atoms with E-state index in [4.69, 9.17) is 4.74 Å². The largest absolute Gasteiger partial charge is 0.495 e. The van der Waals surface area contributed by atoms with Crippen LogP contribution in [0.3, 0.4) is 0 Å². The molecule has 3 aromatic rings. The number of aromatic nitrogens is 2. The van der Waals surface area contributed by atoms with Crippen LogP contribution in [-0.2, 0) is 6.54 Å². The summed E-state index contributed by atoms with van der Waals surface area (Å²) >= 11 is 0. The number of nitrogens with zero attached hydrogens (tertiary/aromatic N) is 4. The van der Waals surface area contributed by atoms with E-state index in [-0.39, 0.29) is 22.4 Å². The van der Waals surface area contributed by atoms with Gasteiger partial charge in [-0.2, -0.15) is 0 Å². The molecule has 2 aromatic heterocycles. The fourth-order valence-electron chi connectivity index (χ4n) is 4.68. The Balaban J connectivity index is 1.65. The molecule has 1 aliphatic heterocycles. The van der Waals surface area contributed by atoms with Gasteiger partial charge < -0.3 is 19.5 Å². The average molecular weight is 449 g/mol. The molecule has 33 heavy (non-hydrogen) atoms. The SMILES string of the molecule is COc1cnc2c(c1)C(=O)c1c-2n(CCCN2CCNCC2)c(=O)c2cc([N+](=O)[O-])ccc12. The minimum absolute atomic E-state index is 0.165. The molecule has 1 fully saturated rings. The topological polar surface area (TPSA) is 120 Å². The van der Waals surface area contributed by atoms with E-state index in [1.807, 2.05) is 0 Å². The standard InChI is InChI=1S/C23H23N5O5/c1-33-15-12-18-20(25-13-15)21-19(22(18)29)16-4-3-14(28(31)32)11-17(16)23(30)27(21)8-2-7-26-9-5-24-6-10-26/h3-4,11-13,24H,2,5-10H2,1H3. The van der Waals surface area contributed by atoms with Gasteiger partial charge in [-0.3, -0.25) is 24.7 Å². The van der Waals surface area contributed by atoms with E-state index in [1.54, 1.807) is 10.6 Å². The Morgan fingerprint density at radius 2 is 1.94 bits per heavy atom. The van der Waals surface area contributed by atoms with Crippen molar-refractivity contribution >= 4 is 22.2 Å². The van der Waals surface area contributed by atoms with Crippen molar-refractivity contribution in [1.29, 1.82) is 0 Å². The molecule has 5 rings (SSSR count). The number of nitro benzene ring substituents is 1. The number of nitrogens with one attached hydrogen (secondary N) is 1. The highest BCUT2D eigenvalue weighted by molar-refractivity contribution is 6.26. The van der Waals surface area contributed by atoms with E-state index in [2.05, 4.69) is 15.2 Å². The molecule has 1 saturated heterocycles. The number of fused-ring (bicyclic) bond motifs is 5. The highest BCUT2D eigenvalue weighted by Crippen LogP contribution is 2.39. The van der Waals surface area contributed by atoms with Crippen molar-refractivity contribution < 1.29 is 14.5 Å². The van der Waals surface area contributed by atoms with Gasteiger partial charge in [-0.15, -0.1) is 0 Å². The number of methoxy groups -OCH3 is 1. The highest BCUT2D eigenvalue weighted by atomic mass is 16.6. The summed E-state index contributed by atoms with van der Waals surface area (Å²) in [4.78, 5) is 44.5. The number of ketones is 1. The van der Waals surface area contributed by atoms with Gasteiger partial charge in [0, 0.05) is 50.2 Å². The van der Waals surface area contributed by atoms with Crippen LogP contribution in [0.15, 0.2) is 35.3 Å². The Morgan fingerprint density at radius 1 is 1.15 bits per heavy atom. The first-order chi connectivity index (χ1) is 16.0. The minimum atomic E-state index is -0.538. The van der Waals surface area contributed by atoms with Gasteiger partial charge >= 0.3 is 0 Å². The molecule has 1 aliphatic carbocycles. The van der Waals surface area contributed by atoms with Crippen LogP contribution >= 0.6 is 0 Å². The molecule has 2 aliphatic rings. The molecule has 10 nitrogen and oxygen atoms in total. The first-order valence-electron chi connectivity index (χ1n) is 10.9. The first kappa shape index (κ1) is 21.2. The lowest BCUT2D eigenvalue weighted by Gasteiger charge is -2.27. The van der Waals surface area contributed by atoms with Crippen molar-refractivity contribution in [1.82, 2.24) is 19.8 Å². The summed E-state index contributed by atoms with van der Waals surface area (Å²) in [6.07, 6.45) is 2.23. The first-order valence-corrected chi connectivity index (χ1v) is 10.9. The molecule has 1 aromatic carbocycles. The Hall–Kier alpha value is -3.63. The average Bonchev–Trinajstić information content (AvgIpc) is 3.13. The smallest absolute Gasteiger partial charge is 0.270 e. The van der Waals surface area contributed by atoms with Crippen LogP contribution in [0.5, 0.6) is 5.75 Å². The zero-order valence-electron chi connectivity index (χ0n) is 18.2. The molecule has 0 amide bonds. The van der Waals surface area contributed by atoms with Crippen LogP contribution in [0.25, 0.3) is 22.2 Å². The second kappa shape index (κ2) is 8.38. The maximum atomic E-state index is 13.5. The van der Waals surface area contributed by atoms with E-state index < -0.39 is 4.92 Å². The summed E-state index contributed by atoms with van der Waals surface area (Å²) in [5.41, 5.74) is 1.10. The van der Waals surface area contributed by atoms with Gasteiger partial charge in [0.2, 0.25) is 0 Å². The van der Waals surface area contributed by atoms with Gasteiger partial charge in [0.25, 0.3) is 11.2 Å². The second-order valence-electron chi connectivity index (χ2n) is 8.21. The monoisotopic (exact) mass is 449 g/mol. The Bertz CT molecular complexity index is 1340. The van der Waals surface area contributed by atoms with Gasteiger partial charge in [0.15, 0.2) is 5.78 Å². The number of carbonyl (C=O) groups is 1. The summed E-state index contributed by atoms with van der Waals surface area (Å²) in [6, 6.07) is 5.69. The molecule has 0 bridgehead atoms. The zero-order chi connectivity index (χ0) is 23.1. The summed E-state index contributed by atoms with van der Waals surface area (Å²) in [7, 11) is 1.50. The number of benzene rings is 1. The van der Waals surface area contributed by atoms with Gasteiger partial charge in [-0.1, -0.05) is 0 Å². The van der Waals surface area contributed by atoms with Crippen LogP contribution < -0.4 is 15.6 Å². The lowest BCUT2D eigenvalue weighted by molar-refractivity contribution is -0.384. The van der Waals surface area contributed by atoms with E-state index in [0.29, 0.717) is 46.6 Å². The molecule has 0 atom stereocenters. The van der Waals surface area contributed by atoms with Crippen LogP contribution in [0.2, 0.25) is 0 Å². The molecular weight excluding hydrogens is 426 g/mol. The molecule has 0 saturated carbocycles. The number of nitro groups is 1. The van der Waals surface area contributed by atoms with Crippen molar-refractivity contribution in [3.05, 3.63) is 62.1 Å². The third-order valence-corrected chi connectivity index (χ3v) is 6.33. The fraction of sp³-hybridized carbons (Fsp3) is 0.348. The zero-order valence-corrected chi connectivity index (χ0v) is 18.2. The maximum Gasteiger partial charge on any atom is 0.270 e. The predicted octanol–water partition coefficient (Wildman–Crippen LogP) is 1.82. The quantitative estimate of drug-likeness (QED) is 0.350. The van der Waals surface area contributed by atoms with Crippen LogP contribution in [-0.4, -0.2) is 65.0 Å². The van der Waals surface area contributed by atoms with Crippen molar-refractivity contribution in [2.45, 2.75) is 13.0 Å². The maximum absolute atomic E-state index is 13.5. The Morgan fingerprint density at radius 3 is 2.67 bits per heavy atom. The number of rotatable bonds is 6. The van der Waals surface area contributed by atoms with E-state index >= 15 is 0 Å². The predicted molar refractivity (Wildman–Crippen MR) is 122 cm³/mol. The third kappa shape index (κ3) is 3.57. The molecule has 3 heterocycles. The molecule has 170 valence electrons. The lowest BCUT2D eigenvalue weighted by Crippen LogP contribution is -2.44. The third-order valence-electron chi connectivity index (χ3n) is 6.33. The molecule has 0 unspecified atom stereocenters. The van der Waals surface area contributed by atoms with E-state index in [9.17, 15) is 19.7 Å². The van der Waals surface area contributed by atoms with E-state index in [0.717, 1.165) is 32.7 Å². The molecule has 0 radical (unpaired) electrons. The second-order valence-corrected chi connectivity index (χ2v) is 8.21. The van der Waals surface area contributed by atoms with Crippen LogP contribution in [0.1, 0.15) is 22.3 Å². The fourth-order valence-corrected chi connectivity index (χ4v) is 4.68. The molecule has 1 N–H and O–H groups in total. The number of piperazine rings is 1. The summed E-state index contributed by atoms with van der Waals surface area (Å²) < 4.78 is 6.80. The van der Waals surface area contributed by atoms with Crippen molar-refractivity contribution in [2.75, 3.05) is 39.8 Å². The van der Waals surface area contributed by atoms with Gasteiger partial charge in [-0.05, 0) is 25.1 Å². The summed E-state index contributed by atoms with van der Waals surface area (Å²) in [5, 5.41) is 15.2. The van der Waals surface area contributed by atoms with E-state index in [1.165, 1.54) is 31.5 Å². The number of ether oxygens (including phenoxy) is 1. The van der Waals surface area contributed by atoms with Crippen LogP contribution in [0.4, 0.5) is 5.69 Å². The number of pyridine rings is 2. The molecular formula is C23H23N5O5. The number of hydrogen-bond donors (Lipinski definition) is 1. The van der Waals surface area contributed by atoms with Gasteiger partial charge in [-0.25, -0.2) is 0 Å². The Kier molecular flexibility index (Phi) is 5.39. The van der Waals surface area contributed by atoms with Gasteiger partial charge in [0.05, 0.1) is 46.1 Å². The van der Waals surface area contributed by atoms with Crippen LogP contribution in [0, 0.1) is 10.1 Å². The summed E-state index contributed by atoms with van der Waals surface area (Å²) in [6.45, 7) is 4.95. The number of hydrogen-bond acceptors (Lipinski definition) is 8. The number of non-ortho nitro benzene ring substituents is 1. The lowest BCUT2D eigenvalue weighted by atomic mass is 10.0. The van der Waals surface area contributed by atoms with Crippen molar-refractivity contribution in [3.8, 4) is 17.1 Å².